The fourth-order valence-corrected chi connectivity index (χ4v) is 5.70. The summed E-state index contributed by atoms with van der Waals surface area (Å²) in [4.78, 5) is 60.5. The largest absolute Gasteiger partial charge is 0.490 e. The zero-order valence-electron chi connectivity index (χ0n) is 16.0. The van der Waals surface area contributed by atoms with Crippen molar-refractivity contribution in [2.75, 3.05) is 13.7 Å². The lowest BCUT2D eigenvalue weighted by molar-refractivity contribution is -0.166. The second-order valence-corrected chi connectivity index (χ2v) is 10.8. The Morgan fingerprint density at radius 1 is 1.19 bits per heavy atom. The maximum Gasteiger partial charge on any atom is 0.490 e. The van der Waals surface area contributed by atoms with Crippen LogP contribution in [0.15, 0.2) is 21.9 Å². The topological polar surface area (TPSA) is 244 Å². The van der Waals surface area contributed by atoms with Crippen LogP contribution in [-0.4, -0.2) is 65.8 Å². The third-order valence-electron chi connectivity index (χ3n) is 3.80. The third-order valence-corrected chi connectivity index (χ3v) is 8.03. The number of hydrogen-bond donors (Lipinski definition) is 6. The molecule has 16 nitrogen and oxygen atoms in total. The Hall–Kier alpha value is -0.770. The summed E-state index contributed by atoms with van der Waals surface area (Å²) in [5.41, 5.74) is -6.38. The number of methoxy groups -OCH3 is 1. The van der Waals surface area contributed by atoms with Gasteiger partial charge >= 0.3 is 29.2 Å². The van der Waals surface area contributed by atoms with E-state index in [9.17, 15) is 37.7 Å². The highest BCUT2D eigenvalue weighted by Crippen LogP contribution is 2.66. The molecule has 1 aromatic rings. The Morgan fingerprint density at radius 3 is 2.19 bits per heavy atom. The number of aliphatic hydroxyl groups is 1. The number of nitrogens with zero attached hydrogens (tertiary/aromatic N) is 1. The first-order chi connectivity index (χ1) is 14.4. The molecule has 1 rings (SSSR count). The lowest BCUT2D eigenvalue weighted by atomic mass is 9.92. The summed E-state index contributed by atoms with van der Waals surface area (Å²) in [5, 5.41) is 10.6. The zero-order chi connectivity index (χ0) is 25.1. The quantitative estimate of drug-likeness (QED) is 0.145. The van der Waals surface area contributed by atoms with E-state index in [1.807, 2.05) is 4.98 Å². The van der Waals surface area contributed by atoms with E-state index in [2.05, 4.69) is 13.1 Å². The molecule has 0 aromatic carbocycles. The Kier molecular flexibility index (Phi) is 9.75. The lowest BCUT2D eigenvalue weighted by Crippen LogP contribution is -2.57. The van der Waals surface area contributed by atoms with Gasteiger partial charge in [0.2, 0.25) is 0 Å². The molecular weight excluding hydrogens is 531 g/mol. The molecule has 0 aliphatic rings. The zero-order valence-corrected chi connectivity index (χ0v) is 19.5. The van der Waals surface area contributed by atoms with E-state index in [0.717, 1.165) is 26.3 Å². The minimum absolute atomic E-state index is 0.564. The van der Waals surface area contributed by atoms with Gasteiger partial charge in [-0.15, -0.1) is 0 Å². The van der Waals surface area contributed by atoms with Crippen molar-refractivity contribution in [3.8, 4) is 0 Å². The molecule has 0 aliphatic heterocycles. The number of phosphoric acid groups is 3. The summed E-state index contributed by atoms with van der Waals surface area (Å²) in [6, 6.07) is 0.850. The molecule has 0 spiro atoms. The number of ether oxygens (including phenoxy) is 1. The summed E-state index contributed by atoms with van der Waals surface area (Å²) in [6.45, 7) is -0.611. The third kappa shape index (κ3) is 7.92. The van der Waals surface area contributed by atoms with Gasteiger partial charge in [0, 0.05) is 19.4 Å². The van der Waals surface area contributed by atoms with Crippen LogP contribution >= 0.6 is 35.1 Å². The van der Waals surface area contributed by atoms with Crippen LogP contribution in [0.5, 0.6) is 0 Å². The summed E-state index contributed by atoms with van der Waals surface area (Å²) in [6.07, 6.45) is -3.63. The Morgan fingerprint density at radius 2 is 1.75 bits per heavy atom. The molecule has 6 N–H and O–H groups in total. The van der Waals surface area contributed by atoms with E-state index < -0.39 is 64.7 Å². The first-order valence-electron chi connectivity index (χ1n) is 7.97. The molecule has 0 fully saturated rings. The Balaban J connectivity index is 3.18. The molecule has 0 saturated heterocycles. The van der Waals surface area contributed by atoms with Crippen molar-refractivity contribution in [3.05, 3.63) is 33.1 Å². The smallest absolute Gasteiger partial charge is 0.386 e. The number of H-pyrrole nitrogens is 1. The number of nitrogens with one attached hydrogen (secondary N) is 1. The van der Waals surface area contributed by atoms with Crippen LogP contribution in [0, 0.1) is 0 Å². The summed E-state index contributed by atoms with van der Waals surface area (Å²) >= 11 is 5.99. The maximum absolute atomic E-state index is 14.4. The van der Waals surface area contributed by atoms with E-state index in [-0.39, 0.29) is 0 Å². The van der Waals surface area contributed by atoms with Crippen LogP contribution in [0.25, 0.3) is 0 Å². The Labute approximate surface area is 183 Å². The molecule has 0 amide bonds. The molecule has 0 saturated carbocycles. The van der Waals surface area contributed by atoms with Gasteiger partial charge in [-0.05, 0) is 6.92 Å². The predicted molar refractivity (Wildman–Crippen MR) is 102 cm³/mol. The summed E-state index contributed by atoms with van der Waals surface area (Å²) in [5.74, 6) is 0. The monoisotopic (exact) mass is 550 g/mol. The van der Waals surface area contributed by atoms with Crippen molar-refractivity contribution < 1.29 is 60.6 Å². The number of alkyl halides is 2. The molecule has 21 heteroatoms. The first kappa shape index (κ1) is 29.3. The van der Waals surface area contributed by atoms with Crippen LogP contribution in [0.3, 0.4) is 0 Å². The minimum atomic E-state index is -5.86. The van der Waals surface area contributed by atoms with Crippen LogP contribution in [-0.2, 0) is 31.6 Å². The average Bonchev–Trinajstić information content (AvgIpc) is 2.58. The summed E-state index contributed by atoms with van der Waals surface area (Å²) < 4.78 is 65.2. The van der Waals surface area contributed by atoms with E-state index in [1.165, 1.54) is 0 Å². The highest BCUT2D eigenvalue weighted by molar-refractivity contribution is 7.66. The second-order valence-electron chi connectivity index (χ2n) is 5.97. The summed E-state index contributed by atoms with van der Waals surface area (Å²) in [7, 11) is -16.4. The second kappa shape index (κ2) is 10.7. The Bertz CT molecular complexity index is 1060. The molecule has 1 heterocycles. The molecule has 1 aromatic heterocycles. The number of halogens is 2. The maximum atomic E-state index is 14.4. The number of hydrogen-bond acceptors (Lipinski definition) is 10. The fraction of sp³-hybridized carbons (Fsp3) is 0.636. The standard InChI is InChI=1S/C11H19ClFN2O14P3/c1-6(13)11(26-2,8(17)9(12)15-4-3-7(16)14-10(15)18)5-27-31(22,23)29-32(24,25)28-30(19,20)21/h3-4,6,8-9,17H,5H2,1-2H3,(H,22,23)(H,24,25)(H,14,16,18)(H2,19,20,21)/t6?,8-,9-,11-/m0/s1. The van der Waals surface area contributed by atoms with Crippen LogP contribution in [0.1, 0.15) is 12.4 Å². The van der Waals surface area contributed by atoms with Crippen LogP contribution in [0.4, 0.5) is 4.39 Å². The van der Waals surface area contributed by atoms with Crippen molar-refractivity contribution in [3.63, 3.8) is 0 Å². The van der Waals surface area contributed by atoms with Crippen molar-refractivity contribution in [2.45, 2.75) is 30.3 Å². The van der Waals surface area contributed by atoms with Crippen molar-refractivity contribution in [1.82, 2.24) is 9.55 Å². The minimum Gasteiger partial charge on any atom is -0.386 e. The van der Waals surface area contributed by atoms with Crippen molar-refractivity contribution >= 4 is 35.1 Å². The van der Waals surface area contributed by atoms with Gasteiger partial charge in [-0.25, -0.2) is 22.9 Å². The number of rotatable bonds is 12. The predicted octanol–water partition coefficient (Wildman–Crippen LogP) is -0.279. The van der Waals surface area contributed by atoms with Gasteiger partial charge in [-0.1, -0.05) is 11.6 Å². The van der Waals surface area contributed by atoms with E-state index in [0.29, 0.717) is 4.57 Å². The fourth-order valence-electron chi connectivity index (χ4n) is 2.27. The van der Waals surface area contributed by atoms with Gasteiger partial charge < -0.3 is 29.4 Å². The van der Waals surface area contributed by atoms with Gasteiger partial charge in [0.1, 0.15) is 17.8 Å². The normalized spacial score (nSPS) is 21.0. The van der Waals surface area contributed by atoms with Crippen molar-refractivity contribution in [1.29, 1.82) is 0 Å². The van der Waals surface area contributed by atoms with Gasteiger partial charge in [-0.3, -0.25) is 18.9 Å². The highest BCUT2D eigenvalue weighted by atomic mass is 35.5. The molecule has 0 radical (unpaired) electrons. The molecule has 32 heavy (non-hydrogen) atoms. The van der Waals surface area contributed by atoms with Gasteiger partial charge in [-0.2, -0.15) is 8.62 Å². The highest BCUT2D eigenvalue weighted by Gasteiger charge is 2.51. The van der Waals surface area contributed by atoms with Crippen LogP contribution < -0.4 is 11.2 Å². The molecule has 0 aliphatic carbocycles. The molecule has 0 bridgehead atoms. The molecule has 3 unspecified atom stereocenters. The van der Waals surface area contributed by atoms with Gasteiger partial charge in [0.15, 0.2) is 5.60 Å². The average molecular weight is 551 g/mol. The van der Waals surface area contributed by atoms with E-state index in [4.69, 9.17) is 31.0 Å². The van der Waals surface area contributed by atoms with E-state index in [1.54, 1.807) is 0 Å². The number of aliphatic hydroxyl groups excluding tert-OH is 1. The van der Waals surface area contributed by atoms with Gasteiger partial charge in [0.25, 0.3) is 5.56 Å². The lowest BCUT2D eigenvalue weighted by Gasteiger charge is -2.39. The number of phosphoric ester groups is 1. The SMILES string of the molecule is CO[C@@](COP(=O)(O)OP(=O)(O)OP(=O)(O)O)(C(C)F)[C@@H](O)[C@@H](Cl)n1ccc(=O)[nH]c1=O. The number of aromatic amines is 1. The molecular formula is C11H19ClFN2O14P3. The van der Waals surface area contributed by atoms with Gasteiger partial charge in [0.05, 0.1) is 6.61 Å². The van der Waals surface area contributed by atoms with Crippen molar-refractivity contribution in [2.24, 2.45) is 0 Å². The first-order valence-corrected chi connectivity index (χ1v) is 12.9. The van der Waals surface area contributed by atoms with E-state index >= 15 is 0 Å². The number of aromatic nitrogens is 2. The molecule has 186 valence electrons. The molecule has 6 atom stereocenters. The van der Waals surface area contributed by atoms with Crippen LogP contribution in [0.2, 0.25) is 0 Å².